The van der Waals surface area contributed by atoms with E-state index in [1.54, 1.807) is 26.0 Å². The van der Waals surface area contributed by atoms with E-state index in [1.807, 2.05) is 0 Å². The summed E-state index contributed by atoms with van der Waals surface area (Å²) in [6, 6.07) is 7.58. The highest BCUT2D eigenvalue weighted by molar-refractivity contribution is 7.90. The molecule has 13 nitrogen and oxygen atoms in total. The van der Waals surface area contributed by atoms with Crippen molar-refractivity contribution in [2.45, 2.75) is 25.3 Å². The van der Waals surface area contributed by atoms with Crippen LogP contribution in [0.2, 0.25) is 0 Å². The van der Waals surface area contributed by atoms with Gasteiger partial charge in [-0.1, -0.05) is 23.5 Å². The standard InChI is InChI=1S/C22H24N6O7S2/c1-4-35-20(32)18-12(2)25-22(36-18)28-21-26-15(19(31)24-11-17(29)30)9-16(27-21)23-10-13-5-7-14(8-6-13)37(3,33)34/h5-9H,4,10-11H2,1-3H3,(H,24,31)(H,29,30)(H2,23,25,26,27,28). The predicted molar refractivity (Wildman–Crippen MR) is 135 cm³/mol. The molecule has 15 heteroatoms. The molecule has 0 bridgehead atoms. The highest BCUT2D eigenvalue weighted by Gasteiger charge is 2.18. The van der Waals surface area contributed by atoms with Crippen LogP contribution in [0.25, 0.3) is 0 Å². The molecule has 37 heavy (non-hydrogen) atoms. The molecule has 0 spiro atoms. The largest absolute Gasteiger partial charge is 0.480 e. The number of carbonyl (C=O) groups excluding carboxylic acids is 2. The first-order valence-electron chi connectivity index (χ1n) is 10.8. The fourth-order valence-corrected chi connectivity index (χ4v) is 4.42. The Labute approximate surface area is 216 Å². The van der Waals surface area contributed by atoms with Crippen molar-refractivity contribution in [2.24, 2.45) is 0 Å². The molecule has 0 aliphatic rings. The lowest BCUT2D eigenvalue weighted by atomic mass is 10.2. The number of sulfone groups is 1. The number of hydrogen-bond donors (Lipinski definition) is 4. The number of ether oxygens (including phenoxy) is 1. The first kappa shape index (κ1) is 27.5. The number of anilines is 3. The number of benzene rings is 1. The Morgan fingerprint density at radius 1 is 1.11 bits per heavy atom. The molecule has 196 valence electrons. The fraction of sp³-hybridized carbons (Fsp3) is 0.273. The van der Waals surface area contributed by atoms with Crippen molar-refractivity contribution in [2.75, 3.05) is 30.0 Å². The van der Waals surface area contributed by atoms with E-state index in [2.05, 4.69) is 30.9 Å². The molecule has 1 aromatic carbocycles. The minimum absolute atomic E-state index is 0.0259. The van der Waals surface area contributed by atoms with Gasteiger partial charge >= 0.3 is 11.9 Å². The Kier molecular flexibility index (Phi) is 8.73. The van der Waals surface area contributed by atoms with Gasteiger partial charge in [0.2, 0.25) is 5.95 Å². The summed E-state index contributed by atoms with van der Waals surface area (Å²) in [5.74, 6) is -2.28. The Morgan fingerprint density at radius 3 is 2.43 bits per heavy atom. The van der Waals surface area contributed by atoms with Crippen LogP contribution in [-0.4, -0.2) is 65.7 Å². The number of aliphatic carboxylic acids is 1. The zero-order chi connectivity index (χ0) is 27.2. The Bertz CT molecular complexity index is 1420. The van der Waals surface area contributed by atoms with Gasteiger partial charge in [0.25, 0.3) is 5.91 Å². The number of aryl methyl sites for hydroxylation is 1. The smallest absolute Gasteiger partial charge is 0.350 e. The van der Waals surface area contributed by atoms with Crippen molar-refractivity contribution < 1.29 is 32.6 Å². The molecule has 0 saturated carbocycles. The van der Waals surface area contributed by atoms with Gasteiger partial charge in [-0.05, 0) is 31.5 Å². The molecule has 0 atom stereocenters. The third kappa shape index (κ3) is 7.68. The van der Waals surface area contributed by atoms with E-state index < -0.39 is 34.2 Å². The highest BCUT2D eigenvalue weighted by Crippen LogP contribution is 2.26. The number of amides is 1. The maximum atomic E-state index is 12.5. The minimum Gasteiger partial charge on any atom is -0.480 e. The van der Waals surface area contributed by atoms with Crippen LogP contribution in [0.5, 0.6) is 0 Å². The summed E-state index contributed by atoms with van der Waals surface area (Å²) in [5, 5.41) is 17.3. The molecule has 0 radical (unpaired) electrons. The van der Waals surface area contributed by atoms with Gasteiger partial charge in [-0.3, -0.25) is 14.9 Å². The van der Waals surface area contributed by atoms with Crippen molar-refractivity contribution >= 4 is 55.9 Å². The molecule has 2 heterocycles. The third-order valence-electron chi connectivity index (χ3n) is 4.66. The van der Waals surface area contributed by atoms with Crippen LogP contribution >= 0.6 is 11.3 Å². The molecule has 1 amide bonds. The third-order valence-corrected chi connectivity index (χ3v) is 6.84. The van der Waals surface area contributed by atoms with E-state index in [1.165, 1.54) is 18.2 Å². The number of rotatable bonds is 11. The summed E-state index contributed by atoms with van der Waals surface area (Å²) < 4.78 is 28.3. The summed E-state index contributed by atoms with van der Waals surface area (Å²) in [6.45, 7) is 3.18. The van der Waals surface area contributed by atoms with E-state index in [0.29, 0.717) is 10.6 Å². The topological polar surface area (TPSA) is 190 Å². The number of carbonyl (C=O) groups is 3. The number of hydrogen-bond acceptors (Lipinski definition) is 12. The minimum atomic E-state index is -3.33. The molecule has 0 aliphatic heterocycles. The second-order valence-electron chi connectivity index (χ2n) is 7.59. The van der Waals surface area contributed by atoms with Crippen LogP contribution in [0.3, 0.4) is 0 Å². The van der Waals surface area contributed by atoms with E-state index in [-0.39, 0.29) is 40.6 Å². The molecule has 3 rings (SSSR count). The molecule has 0 unspecified atom stereocenters. The number of nitrogens with zero attached hydrogens (tertiary/aromatic N) is 3. The summed E-state index contributed by atoms with van der Waals surface area (Å²) in [4.78, 5) is 48.6. The van der Waals surface area contributed by atoms with Gasteiger partial charge in [0.05, 0.1) is 17.2 Å². The molecular formula is C22H24N6O7S2. The average molecular weight is 549 g/mol. The first-order chi connectivity index (χ1) is 17.5. The normalized spacial score (nSPS) is 11.0. The van der Waals surface area contributed by atoms with Gasteiger partial charge in [0.15, 0.2) is 15.0 Å². The van der Waals surface area contributed by atoms with Crippen LogP contribution in [0, 0.1) is 6.92 Å². The van der Waals surface area contributed by atoms with Gasteiger partial charge in [-0.25, -0.2) is 23.2 Å². The summed E-state index contributed by atoms with van der Waals surface area (Å²) in [6.07, 6.45) is 1.12. The van der Waals surface area contributed by atoms with Gasteiger partial charge in [0, 0.05) is 18.9 Å². The van der Waals surface area contributed by atoms with Crippen molar-refractivity contribution in [1.29, 1.82) is 0 Å². The SMILES string of the molecule is CCOC(=O)c1sc(Nc2nc(NCc3ccc(S(C)(=O)=O)cc3)cc(C(=O)NCC(=O)O)n2)nc1C. The second kappa shape index (κ2) is 11.7. The number of esters is 1. The van der Waals surface area contributed by atoms with Gasteiger partial charge in [-0.15, -0.1) is 0 Å². The lowest BCUT2D eigenvalue weighted by molar-refractivity contribution is -0.135. The number of thiazole rings is 1. The lowest BCUT2D eigenvalue weighted by Crippen LogP contribution is -2.30. The maximum Gasteiger partial charge on any atom is 0.350 e. The number of nitrogens with one attached hydrogen (secondary N) is 3. The molecule has 0 fully saturated rings. The van der Waals surface area contributed by atoms with Crippen LogP contribution < -0.4 is 16.0 Å². The fourth-order valence-electron chi connectivity index (χ4n) is 2.94. The molecular weight excluding hydrogens is 524 g/mol. The zero-order valence-electron chi connectivity index (χ0n) is 20.1. The highest BCUT2D eigenvalue weighted by atomic mass is 32.2. The van der Waals surface area contributed by atoms with Crippen LogP contribution in [0.4, 0.5) is 16.9 Å². The monoisotopic (exact) mass is 548 g/mol. The van der Waals surface area contributed by atoms with Crippen molar-refractivity contribution in [1.82, 2.24) is 20.3 Å². The Morgan fingerprint density at radius 2 is 1.81 bits per heavy atom. The molecule has 0 saturated heterocycles. The van der Waals surface area contributed by atoms with E-state index >= 15 is 0 Å². The second-order valence-corrected chi connectivity index (χ2v) is 10.6. The van der Waals surface area contributed by atoms with Crippen molar-refractivity contribution in [3.05, 3.63) is 52.2 Å². The quantitative estimate of drug-likeness (QED) is 0.255. The Hall–Kier alpha value is -4.11. The van der Waals surface area contributed by atoms with Gasteiger partial charge in [0.1, 0.15) is 22.9 Å². The predicted octanol–water partition coefficient (Wildman–Crippen LogP) is 1.99. The maximum absolute atomic E-state index is 12.5. The number of carboxylic acids is 1. The van der Waals surface area contributed by atoms with Crippen molar-refractivity contribution in [3.63, 3.8) is 0 Å². The van der Waals surface area contributed by atoms with E-state index in [9.17, 15) is 22.8 Å². The number of aromatic nitrogens is 3. The van der Waals surface area contributed by atoms with Crippen LogP contribution in [0.1, 0.15) is 38.3 Å². The summed E-state index contributed by atoms with van der Waals surface area (Å²) >= 11 is 1.03. The van der Waals surface area contributed by atoms with Gasteiger partial charge < -0.3 is 20.5 Å². The molecule has 4 N–H and O–H groups in total. The zero-order valence-corrected chi connectivity index (χ0v) is 21.7. The number of carboxylic acid groups (broad SMARTS) is 1. The lowest BCUT2D eigenvalue weighted by Gasteiger charge is -2.11. The van der Waals surface area contributed by atoms with E-state index in [4.69, 9.17) is 9.84 Å². The molecule has 3 aromatic rings. The van der Waals surface area contributed by atoms with Crippen LogP contribution in [0.15, 0.2) is 35.2 Å². The molecule has 2 aromatic heterocycles. The Balaban J connectivity index is 1.85. The van der Waals surface area contributed by atoms with Crippen molar-refractivity contribution in [3.8, 4) is 0 Å². The molecule has 0 aliphatic carbocycles. The first-order valence-corrected chi connectivity index (χ1v) is 13.5. The van der Waals surface area contributed by atoms with Crippen LogP contribution in [-0.2, 0) is 25.9 Å². The van der Waals surface area contributed by atoms with E-state index in [0.717, 1.165) is 23.2 Å². The van der Waals surface area contributed by atoms with Gasteiger partial charge in [-0.2, -0.15) is 4.98 Å². The summed E-state index contributed by atoms with van der Waals surface area (Å²) in [7, 11) is -3.33. The average Bonchev–Trinajstić information content (AvgIpc) is 3.20. The summed E-state index contributed by atoms with van der Waals surface area (Å²) in [5.41, 5.74) is 1.07.